The summed E-state index contributed by atoms with van der Waals surface area (Å²) in [6.45, 7) is 4.28. The van der Waals surface area contributed by atoms with E-state index in [1.54, 1.807) is 75.6 Å². The van der Waals surface area contributed by atoms with E-state index in [9.17, 15) is 9.59 Å². The van der Waals surface area contributed by atoms with E-state index >= 15 is 0 Å². The zero-order valence-corrected chi connectivity index (χ0v) is 18.0. The zero-order chi connectivity index (χ0) is 22.1. The van der Waals surface area contributed by atoms with Crippen molar-refractivity contribution in [3.63, 3.8) is 0 Å². The van der Waals surface area contributed by atoms with Crippen molar-refractivity contribution in [1.29, 1.82) is 0 Å². The van der Waals surface area contributed by atoms with E-state index in [-0.39, 0.29) is 18.4 Å². The van der Waals surface area contributed by atoms with Gasteiger partial charge in [-0.25, -0.2) is 0 Å². The number of carbonyl (C=O) groups excluding carboxylic acids is 2. The number of carbonyl (C=O) groups is 2. The van der Waals surface area contributed by atoms with Crippen molar-refractivity contribution in [3.8, 4) is 17.2 Å². The molecule has 0 radical (unpaired) electrons. The van der Waals surface area contributed by atoms with Crippen LogP contribution in [0.3, 0.4) is 0 Å². The Kier molecular flexibility index (Phi) is 8.49. The molecule has 1 unspecified atom stereocenters. The number of nitrogens with one attached hydrogen (secondary N) is 2. The molecule has 0 aliphatic carbocycles. The van der Waals surface area contributed by atoms with Gasteiger partial charge < -0.3 is 24.8 Å². The summed E-state index contributed by atoms with van der Waals surface area (Å²) in [5, 5.41) is 5.69. The van der Waals surface area contributed by atoms with Crippen LogP contribution in [0.1, 0.15) is 13.8 Å². The average Bonchev–Trinajstić information content (AvgIpc) is 2.77. The molecule has 0 spiro atoms. The highest BCUT2D eigenvalue weighted by Crippen LogP contribution is 2.26. The molecule has 0 bridgehead atoms. The molecule has 0 aromatic heterocycles. The first-order chi connectivity index (χ1) is 14.4. The van der Waals surface area contributed by atoms with Crippen molar-refractivity contribution < 1.29 is 23.8 Å². The molecule has 2 aromatic carbocycles. The Hall–Kier alpha value is -3.26. The molecule has 0 heterocycles. The summed E-state index contributed by atoms with van der Waals surface area (Å²) in [6, 6.07) is 11.7. The monoisotopic (exact) mass is 415 g/mol. The molecule has 2 amide bonds. The fourth-order valence-electron chi connectivity index (χ4n) is 2.87. The van der Waals surface area contributed by atoms with Gasteiger partial charge in [-0.05, 0) is 37.7 Å². The fourth-order valence-corrected chi connectivity index (χ4v) is 2.87. The fraction of sp³-hybridized carbons (Fsp3) is 0.364. The van der Waals surface area contributed by atoms with Crippen LogP contribution in [-0.2, 0) is 9.59 Å². The normalized spacial score (nSPS) is 11.5. The number of likely N-dealkylation sites (N-methyl/N-ethyl adjacent to an activating group) is 1. The van der Waals surface area contributed by atoms with E-state index in [1.807, 2.05) is 6.92 Å². The Labute approximate surface area is 177 Å². The first-order valence-electron chi connectivity index (χ1n) is 9.62. The van der Waals surface area contributed by atoms with Crippen LogP contribution in [0.5, 0.6) is 17.2 Å². The maximum Gasteiger partial charge on any atom is 0.241 e. The van der Waals surface area contributed by atoms with Crippen molar-refractivity contribution in [3.05, 3.63) is 42.5 Å². The summed E-state index contributed by atoms with van der Waals surface area (Å²) in [4.78, 5) is 27.0. The van der Waals surface area contributed by atoms with Crippen LogP contribution >= 0.6 is 0 Å². The molecule has 0 fully saturated rings. The lowest BCUT2D eigenvalue weighted by Crippen LogP contribution is -2.45. The largest absolute Gasteiger partial charge is 0.497 e. The summed E-state index contributed by atoms with van der Waals surface area (Å²) < 4.78 is 15.6. The summed E-state index contributed by atoms with van der Waals surface area (Å²) in [7, 11) is 4.67. The smallest absolute Gasteiger partial charge is 0.241 e. The summed E-state index contributed by atoms with van der Waals surface area (Å²) in [5.41, 5.74) is 1.22. The van der Waals surface area contributed by atoms with Crippen LogP contribution in [-0.4, -0.2) is 57.2 Å². The molecule has 162 valence electrons. The van der Waals surface area contributed by atoms with Gasteiger partial charge in [-0.2, -0.15) is 0 Å². The molecule has 0 aliphatic heterocycles. The third-order valence-corrected chi connectivity index (χ3v) is 4.67. The third-order valence-electron chi connectivity index (χ3n) is 4.67. The number of hydrogen-bond donors (Lipinski definition) is 2. The first kappa shape index (κ1) is 23.0. The van der Waals surface area contributed by atoms with E-state index in [4.69, 9.17) is 14.2 Å². The Balaban J connectivity index is 1.99. The van der Waals surface area contributed by atoms with Crippen LogP contribution in [0.2, 0.25) is 0 Å². The van der Waals surface area contributed by atoms with E-state index in [0.29, 0.717) is 35.2 Å². The van der Waals surface area contributed by atoms with Crippen molar-refractivity contribution >= 4 is 23.2 Å². The average molecular weight is 415 g/mol. The van der Waals surface area contributed by atoms with Gasteiger partial charge in [-0.3, -0.25) is 14.5 Å². The van der Waals surface area contributed by atoms with Gasteiger partial charge in [0, 0.05) is 29.6 Å². The summed E-state index contributed by atoms with van der Waals surface area (Å²) in [6.07, 6.45) is 0. The van der Waals surface area contributed by atoms with Gasteiger partial charge in [0.15, 0.2) is 0 Å². The topological polar surface area (TPSA) is 89.1 Å². The molecular formula is C22H29N3O5. The van der Waals surface area contributed by atoms with E-state index in [0.717, 1.165) is 0 Å². The van der Waals surface area contributed by atoms with Crippen LogP contribution in [0.25, 0.3) is 0 Å². The summed E-state index contributed by atoms with van der Waals surface area (Å²) >= 11 is 0. The number of anilines is 2. The van der Waals surface area contributed by atoms with Crippen LogP contribution in [0, 0.1) is 0 Å². The standard InChI is InChI=1S/C22H29N3O5/c1-6-25(14-21(26)23-16-7-9-18(28-3)10-8-16)15(2)22(27)24-17-11-19(29-4)13-20(12-17)30-5/h7-13,15H,6,14H2,1-5H3,(H,23,26)(H,24,27). The Morgan fingerprint density at radius 1 is 0.867 bits per heavy atom. The second-order valence-corrected chi connectivity index (χ2v) is 6.61. The molecule has 2 N–H and O–H groups in total. The SMILES string of the molecule is CCN(CC(=O)Nc1ccc(OC)cc1)C(C)C(=O)Nc1cc(OC)cc(OC)c1. The Bertz CT molecular complexity index is 832. The highest BCUT2D eigenvalue weighted by Gasteiger charge is 2.22. The molecule has 8 heteroatoms. The lowest BCUT2D eigenvalue weighted by Gasteiger charge is -2.26. The van der Waals surface area contributed by atoms with E-state index in [2.05, 4.69) is 10.6 Å². The van der Waals surface area contributed by atoms with Gasteiger partial charge in [-0.15, -0.1) is 0 Å². The number of amides is 2. The number of benzene rings is 2. The number of rotatable bonds is 10. The van der Waals surface area contributed by atoms with Crippen LogP contribution in [0.15, 0.2) is 42.5 Å². The lowest BCUT2D eigenvalue weighted by molar-refractivity contribution is -0.123. The number of ether oxygens (including phenoxy) is 3. The van der Waals surface area contributed by atoms with Crippen molar-refractivity contribution in [2.24, 2.45) is 0 Å². The lowest BCUT2D eigenvalue weighted by atomic mass is 10.2. The molecule has 2 rings (SSSR count). The van der Waals surface area contributed by atoms with E-state index in [1.165, 1.54) is 0 Å². The molecule has 30 heavy (non-hydrogen) atoms. The molecule has 0 saturated carbocycles. The number of methoxy groups -OCH3 is 3. The maximum atomic E-state index is 12.7. The Morgan fingerprint density at radius 3 is 1.93 bits per heavy atom. The van der Waals surface area contributed by atoms with Gasteiger partial charge in [0.2, 0.25) is 11.8 Å². The van der Waals surface area contributed by atoms with E-state index < -0.39 is 6.04 Å². The maximum absolute atomic E-state index is 12.7. The predicted molar refractivity (Wildman–Crippen MR) is 117 cm³/mol. The van der Waals surface area contributed by atoms with Gasteiger partial charge >= 0.3 is 0 Å². The molecule has 8 nitrogen and oxygen atoms in total. The first-order valence-corrected chi connectivity index (χ1v) is 9.62. The van der Waals surface area contributed by atoms with Gasteiger partial charge in [0.1, 0.15) is 17.2 Å². The Morgan fingerprint density at radius 2 is 1.43 bits per heavy atom. The highest BCUT2D eigenvalue weighted by molar-refractivity contribution is 5.96. The molecule has 1 atom stereocenters. The van der Waals surface area contributed by atoms with Crippen molar-refractivity contribution in [2.45, 2.75) is 19.9 Å². The second-order valence-electron chi connectivity index (χ2n) is 6.61. The zero-order valence-electron chi connectivity index (χ0n) is 18.0. The molecule has 2 aromatic rings. The molecular weight excluding hydrogens is 386 g/mol. The minimum absolute atomic E-state index is 0.0819. The van der Waals surface area contributed by atoms with Crippen LogP contribution in [0.4, 0.5) is 11.4 Å². The minimum atomic E-state index is -0.520. The molecule has 0 aliphatic rings. The number of nitrogens with zero attached hydrogens (tertiary/aromatic N) is 1. The summed E-state index contributed by atoms with van der Waals surface area (Å²) in [5.74, 6) is 1.42. The second kappa shape index (κ2) is 11.1. The van der Waals surface area contributed by atoms with Crippen LogP contribution < -0.4 is 24.8 Å². The van der Waals surface area contributed by atoms with Gasteiger partial charge in [0.25, 0.3) is 0 Å². The highest BCUT2D eigenvalue weighted by atomic mass is 16.5. The minimum Gasteiger partial charge on any atom is -0.497 e. The van der Waals surface area contributed by atoms with Crippen molar-refractivity contribution in [2.75, 3.05) is 45.1 Å². The third kappa shape index (κ3) is 6.38. The van der Waals surface area contributed by atoms with Gasteiger partial charge in [-0.1, -0.05) is 6.92 Å². The quantitative estimate of drug-likeness (QED) is 0.620. The van der Waals surface area contributed by atoms with Gasteiger partial charge in [0.05, 0.1) is 33.9 Å². The predicted octanol–water partition coefficient (Wildman–Crippen LogP) is 3.00. The molecule has 0 saturated heterocycles. The number of hydrogen-bond acceptors (Lipinski definition) is 6. The van der Waals surface area contributed by atoms with Crippen molar-refractivity contribution in [1.82, 2.24) is 4.90 Å².